The second-order valence-corrected chi connectivity index (χ2v) is 7.34. The highest BCUT2D eigenvalue weighted by atomic mass is 32.3. The van der Waals surface area contributed by atoms with Crippen molar-refractivity contribution in [1.29, 1.82) is 0 Å². The molecule has 12 heteroatoms. The van der Waals surface area contributed by atoms with Gasteiger partial charge in [0.25, 0.3) is 0 Å². The Bertz CT molecular complexity index is 1010. The standard InChI is InChI=1S/C16H18O11S/c1-7-4-12(17)26-10-5-8(2-3-9(7)10)25-16-15(20)14(19)13(18)11(27-16)6-24-28(21,22)23/h2-5,11,13-16,18-20H,6H2,1H3,(H,21,22,23)/t11-,13-,14+,15+,16-/m1/s1. The van der Waals surface area contributed by atoms with Crippen LogP contribution in [0.2, 0.25) is 0 Å². The first-order valence-corrected chi connectivity index (χ1v) is 9.44. The zero-order chi connectivity index (χ0) is 20.6. The van der Waals surface area contributed by atoms with E-state index < -0.39 is 53.3 Å². The zero-order valence-corrected chi connectivity index (χ0v) is 15.3. The lowest BCUT2D eigenvalue weighted by Gasteiger charge is -2.39. The van der Waals surface area contributed by atoms with Crippen LogP contribution in [-0.4, -0.2) is 65.6 Å². The molecule has 11 nitrogen and oxygen atoms in total. The number of rotatable bonds is 5. The summed E-state index contributed by atoms with van der Waals surface area (Å²) in [5.74, 6) is 0.114. The minimum atomic E-state index is -4.80. The molecule has 1 aliphatic heterocycles. The summed E-state index contributed by atoms with van der Waals surface area (Å²) in [7, 11) is -4.80. The van der Waals surface area contributed by atoms with Crippen LogP contribution in [0.4, 0.5) is 0 Å². The second kappa shape index (κ2) is 7.75. The van der Waals surface area contributed by atoms with Gasteiger partial charge in [0.15, 0.2) is 0 Å². The quantitative estimate of drug-likeness (QED) is 0.350. The van der Waals surface area contributed by atoms with Crippen molar-refractivity contribution in [2.45, 2.75) is 37.6 Å². The SMILES string of the molecule is Cc1cc(=O)oc2cc(O[C@@H]3O[C@H](COS(=O)(=O)O)[C@@H](O)[C@H](O)[C@@H]3O)ccc12. The molecule has 1 aliphatic rings. The van der Waals surface area contributed by atoms with E-state index in [-0.39, 0.29) is 11.3 Å². The van der Waals surface area contributed by atoms with Crippen LogP contribution in [0.1, 0.15) is 5.56 Å². The normalized spacial score (nSPS) is 28.4. The summed E-state index contributed by atoms with van der Waals surface area (Å²) >= 11 is 0. The van der Waals surface area contributed by atoms with Crippen molar-refractivity contribution in [3.05, 3.63) is 40.2 Å². The first-order chi connectivity index (χ1) is 13.0. The summed E-state index contributed by atoms with van der Waals surface area (Å²) < 4.78 is 50.0. The van der Waals surface area contributed by atoms with Crippen LogP contribution in [-0.2, 0) is 19.3 Å². The fraction of sp³-hybridized carbons (Fsp3) is 0.438. The third kappa shape index (κ3) is 4.50. The summed E-state index contributed by atoms with van der Waals surface area (Å²) in [5.41, 5.74) is 0.351. The molecule has 28 heavy (non-hydrogen) atoms. The Balaban J connectivity index is 1.81. The second-order valence-electron chi connectivity index (χ2n) is 6.25. The molecule has 0 spiro atoms. The smallest absolute Gasteiger partial charge is 0.397 e. The number of aryl methyl sites for hydroxylation is 1. The van der Waals surface area contributed by atoms with E-state index in [1.165, 1.54) is 18.2 Å². The van der Waals surface area contributed by atoms with Crippen LogP contribution in [0.5, 0.6) is 5.75 Å². The lowest BCUT2D eigenvalue weighted by atomic mass is 9.99. The largest absolute Gasteiger partial charge is 0.462 e. The van der Waals surface area contributed by atoms with E-state index in [0.717, 1.165) is 0 Å². The molecule has 3 rings (SSSR count). The van der Waals surface area contributed by atoms with Crippen molar-refractivity contribution in [3.8, 4) is 5.75 Å². The van der Waals surface area contributed by atoms with Crippen LogP contribution in [0, 0.1) is 6.92 Å². The molecule has 2 aromatic rings. The van der Waals surface area contributed by atoms with Crippen molar-refractivity contribution in [3.63, 3.8) is 0 Å². The van der Waals surface area contributed by atoms with Gasteiger partial charge >= 0.3 is 16.0 Å². The van der Waals surface area contributed by atoms with Crippen LogP contribution < -0.4 is 10.4 Å². The molecule has 0 unspecified atom stereocenters. The first kappa shape index (κ1) is 20.7. The Morgan fingerprint density at radius 1 is 1.11 bits per heavy atom. The number of hydrogen-bond acceptors (Lipinski definition) is 10. The predicted molar refractivity (Wildman–Crippen MR) is 92.0 cm³/mol. The summed E-state index contributed by atoms with van der Waals surface area (Å²) in [4.78, 5) is 11.5. The number of aliphatic hydroxyl groups excluding tert-OH is 3. The average molecular weight is 418 g/mol. The van der Waals surface area contributed by atoms with E-state index in [0.29, 0.717) is 10.9 Å². The summed E-state index contributed by atoms with van der Waals surface area (Å²) in [6, 6.07) is 5.82. The van der Waals surface area contributed by atoms with E-state index in [2.05, 4.69) is 4.18 Å². The van der Waals surface area contributed by atoms with Gasteiger partial charge in [0.05, 0.1) is 6.61 Å². The Hall–Kier alpha value is -2.06. The number of benzene rings is 1. The van der Waals surface area contributed by atoms with E-state index in [1.807, 2.05) is 0 Å². The maximum absolute atomic E-state index is 11.5. The molecule has 1 aromatic heterocycles. The molecular weight excluding hydrogens is 400 g/mol. The zero-order valence-electron chi connectivity index (χ0n) is 14.5. The van der Waals surface area contributed by atoms with Crippen LogP contribution in [0.3, 0.4) is 0 Å². The number of hydrogen-bond donors (Lipinski definition) is 4. The molecule has 0 bridgehead atoms. The Morgan fingerprint density at radius 2 is 1.82 bits per heavy atom. The van der Waals surface area contributed by atoms with Gasteiger partial charge < -0.3 is 29.2 Å². The third-order valence-electron chi connectivity index (χ3n) is 4.22. The maximum Gasteiger partial charge on any atom is 0.397 e. The molecule has 1 fully saturated rings. The third-order valence-corrected chi connectivity index (χ3v) is 4.66. The van der Waals surface area contributed by atoms with Crippen molar-refractivity contribution < 1.29 is 46.4 Å². The molecule has 2 heterocycles. The fourth-order valence-electron chi connectivity index (χ4n) is 2.82. The average Bonchev–Trinajstić information content (AvgIpc) is 2.60. The minimum Gasteiger partial charge on any atom is -0.462 e. The van der Waals surface area contributed by atoms with E-state index in [9.17, 15) is 28.5 Å². The molecule has 0 saturated carbocycles. The maximum atomic E-state index is 11.5. The first-order valence-electron chi connectivity index (χ1n) is 8.08. The van der Waals surface area contributed by atoms with E-state index in [1.54, 1.807) is 13.0 Å². The molecule has 1 saturated heterocycles. The predicted octanol–water partition coefficient (Wildman–Crippen LogP) is -0.893. The van der Waals surface area contributed by atoms with E-state index in [4.69, 9.17) is 18.4 Å². The van der Waals surface area contributed by atoms with Gasteiger partial charge in [0.1, 0.15) is 35.7 Å². The van der Waals surface area contributed by atoms with Crippen LogP contribution in [0.15, 0.2) is 33.5 Å². The summed E-state index contributed by atoms with van der Waals surface area (Å²) in [6.45, 7) is 0.904. The lowest BCUT2D eigenvalue weighted by molar-refractivity contribution is -0.276. The van der Waals surface area contributed by atoms with Gasteiger partial charge in [-0.3, -0.25) is 4.55 Å². The molecule has 4 N–H and O–H groups in total. The highest BCUT2D eigenvalue weighted by molar-refractivity contribution is 7.80. The molecule has 154 valence electrons. The van der Waals surface area contributed by atoms with Gasteiger partial charge in [-0.15, -0.1) is 0 Å². The lowest BCUT2D eigenvalue weighted by Crippen LogP contribution is -2.60. The summed E-state index contributed by atoms with van der Waals surface area (Å²) in [5, 5.41) is 30.6. The van der Waals surface area contributed by atoms with Crippen molar-refractivity contribution in [2.24, 2.45) is 0 Å². The summed E-state index contributed by atoms with van der Waals surface area (Å²) in [6.07, 6.45) is -8.06. The van der Waals surface area contributed by atoms with Gasteiger partial charge in [0.2, 0.25) is 6.29 Å². The number of fused-ring (bicyclic) bond motifs is 1. The van der Waals surface area contributed by atoms with Gasteiger partial charge in [-0.25, -0.2) is 8.98 Å². The molecule has 5 atom stereocenters. The number of ether oxygens (including phenoxy) is 2. The highest BCUT2D eigenvalue weighted by Crippen LogP contribution is 2.27. The van der Waals surface area contributed by atoms with E-state index >= 15 is 0 Å². The van der Waals surface area contributed by atoms with Crippen molar-refractivity contribution >= 4 is 21.4 Å². The van der Waals surface area contributed by atoms with Crippen LogP contribution in [0.25, 0.3) is 11.0 Å². The topological polar surface area (TPSA) is 173 Å². The van der Waals surface area contributed by atoms with Gasteiger partial charge in [-0.1, -0.05) is 0 Å². The fourth-order valence-corrected chi connectivity index (χ4v) is 3.12. The Kier molecular flexibility index (Phi) is 5.72. The molecule has 0 amide bonds. The van der Waals surface area contributed by atoms with Crippen LogP contribution >= 0.6 is 0 Å². The molecule has 1 aromatic carbocycles. The Morgan fingerprint density at radius 3 is 2.50 bits per heavy atom. The molecule has 0 radical (unpaired) electrons. The van der Waals surface area contributed by atoms with Gasteiger partial charge in [-0.2, -0.15) is 8.42 Å². The monoisotopic (exact) mass is 418 g/mol. The molecular formula is C16H18O11S. The molecule has 0 aliphatic carbocycles. The Labute approximate surface area is 158 Å². The highest BCUT2D eigenvalue weighted by Gasteiger charge is 2.45. The number of aliphatic hydroxyl groups is 3. The van der Waals surface area contributed by atoms with Crippen molar-refractivity contribution in [2.75, 3.05) is 6.61 Å². The van der Waals surface area contributed by atoms with Crippen molar-refractivity contribution in [1.82, 2.24) is 0 Å². The van der Waals surface area contributed by atoms with Gasteiger partial charge in [-0.05, 0) is 24.6 Å². The van der Waals surface area contributed by atoms with Gasteiger partial charge in [0, 0.05) is 17.5 Å². The minimum absolute atomic E-state index is 0.114.